The molecule has 3 aromatic rings. The van der Waals surface area contributed by atoms with E-state index >= 15 is 0 Å². The van der Waals surface area contributed by atoms with Gasteiger partial charge in [0.25, 0.3) is 0 Å². The summed E-state index contributed by atoms with van der Waals surface area (Å²) in [5.74, 6) is 1.24. The van der Waals surface area contributed by atoms with Crippen molar-refractivity contribution < 1.29 is 0 Å². The molecule has 2 heterocycles. The van der Waals surface area contributed by atoms with E-state index in [0.29, 0.717) is 22.5 Å². The van der Waals surface area contributed by atoms with Crippen LogP contribution in [0.4, 0.5) is 0 Å². The summed E-state index contributed by atoms with van der Waals surface area (Å²) in [6.45, 7) is 4.88. The zero-order chi connectivity index (χ0) is 16.4. The van der Waals surface area contributed by atoms with E-state index in [4.69, 9.17) is 28.2 Å². The Morgan fingerprint density at radius 1 is 1.17 bits per heavy atom. The molecule has 0 bridgehead atoms. The molecule has 0 fully saturated rings. The van der Waals surface area contributed by atoms with Crippen LogP contribution < -0.4 is 0 Å². The first-order valence-electron chi connectivity index (χ1n) is 7.46. The number of hydrogen-bond acceptors (Lipinski definition) is 2. The number of rotatable bonds is 4. The number of halogens is 2. The van der Waals surface area contributed by atoms with Gasteiger partial charge in [0.05, 0.1) is 12.2 Å². The fraction of sp³-hybridized carbons (Fsp3) is 0.222. The number of pyridine rings is 1. The normalized spacial score (nSPS) is 11.2. The van der Waals surface area contributed by atoms with Crippen molar-refractivity contribution in [3.8, 4) is 11.4 Å². The molecule has 3 nitrogen and oxygen atoms in total. The Bertz CT molecular complexity index is 810. The van der Waals surface area contributed by atoms with Crippen LogP contribution in [0, 0.1) is 0 Å². The van der Waals surface area contributed by atoms with Crippen LogP contribution in [0.5, 0.6) is 0 Å². The highest BCUT2D eigenvalue weighted by Crippen LogP contribution is 2.26. The van der Waals surface area contributed by atoms with Gasteiger partial charge in [0.2, 0.25) is 0 Å². The second kappa shape index (κ2) is 6.73. The van der Waals surface area contributed by atoms with Gasteiger partial charge in [-0.05, 0) is 41.8 Å². The molecule has 0 aliphatic carbocycles. The molecule has 0 unspecified atom stereocenters. The number of imidazole rings is 1. The minimum Gasteiger partial charge on any atom is -0.326 e. The third-order valence-corrected chi connectivity index (χ3v) is 4.26. The molecule has 1 aromatic carbocycles. The van der Waals surface area contributed by atoms with Gasteiger partial charge >= 0.3 is 0 Å². The Morgan fingerprint density at radius 2 is 2.00 bits per heavy atom. The molecule has 0 radical (unpaired) electrons. The summed E-state index contributed by atoms with van der Waals surface area (Å²) in [6.07, 6.45) is 5.65. The molecule has 0 saturated carbocycles. The van der Waals surface area contributed by atoms with Crippen LogP contribution in [-0.2, 0) is 6.54 Å². The third kappa shape index (κ3) is 3.57. The van der Waals surface area contributed by atoms with Crippen LogP contribution in [0.2, 0.25) is 10.0 Å². The summed E-state index contributed by atoms with van der Waals surface area (Å²) in [5.41, 5.74) is 3.00. The largest absolute Gasteiger partial charge is 0.326 e. The van der Waals surface area contributed by atoms with Crippen molar-refractivity contribution in [1.82, 2.24) is 14.5 Å². The summed E-state index contributed by atoms with van der Waals surface area (Å²) in [4.78, 5) is 8.97. The summed E-state index contributed by atoms with van der Waals surface area (Å²) in [5, 5.41) is 1.38. The highest BCUT2D eigenvalue weighted by molar-refractivity contribution is 6.33. The topological polar surface area (TPSA) is 30.7 Å². The van der Waals surface area contributed by atoms with E-state index in [1.165, 1.54) is 0 Å². The number of hydrogen-bond donors (Lipinski definition) is 0. The maximum Gasteiger partial charge on any atom is 0.142 e. The Morgan fingerprint density at radius 3 is 2.70 bits per heavy atom. The van der Waals surface area contributed by atoms with Crippen molar-refractivity contribution in [3.63, 3.8) is 0 Å². The molecular formula is C18H17Cl2N3. The molecule has 0 aliphatic rings. The maximum absolute atomic E-state index is 6.31. The Hall–Kier alpha value is -1.84. The average Bonchev–Trinajstić information content (AvgIpc) is 2.96. The zero-order valence-corrected chi connectivity index (χ0v) is 14.5. The summed E-state index contributed by atoms with van der Waals surface area (Å²) in [6, 6.07) is 9.43. The molecule has 0 aliphatic heterocycles. The Balaban J connectivity index is 2.05. The van der Waals surface area contributed by atoms with Crippen LogP contribution >= 0.6 is 23.2 Å². The van der Waals surface area contributed by atoms with Crippen molar-refractivity contribution in [1.29, 1.82) is 0 Å². The Labute approximate surface area is 145 Å². The lowest BCUT2D eigenvalue weighted by atomic mass is 10.1. The fourth-order valence-corrected chi connectivity index (χ4v) is 2.78. The molecule has 0 amide bonds. The van der Waals surface area contributed by atoms with Gasteiger partial charge < -0.3 is 4.57 Å². The third-order valence-electron chi connectivity index (χ3n) is 3.65. The van der Waals surface area contributed by atoms with E-state index in [1.54, 1.807) is 12.3 Å². The first-order chi connectivity index (χ1) is 11.0. The van der Waals surface area contributed by atoms with Crippen LogP contribution in [0.1, 0.15) is 31.0 Å². The van der Waals surface area contributed by atoms with E-state index in [-0.39, 0.29) is 0 Å². The molecule has 5 heteroatoms. The molecule has 0 spiro atoms. The van der Waals surface area contributed by atoms with Gasteiger partial charge in [-0.25, -0.2) is 4.98 Å². The van der Waals surface area contributed by atoms with Crippen LogP contribution in [0.25, 0.3) is 11.4 Å². The van der Waals surface area contributed by atoms with Crippen molar-refractivity contribution in [2.75, 3.05) is 0 Å². The molecule has 0 atom stereocenters. The second-order valence-corrected chi connectivity index (χ2v) is 6.59. The van der Waals surface area contributed by atoms with Gasteiger partial charge in [-0.3, -0.25) is 4.98 Å². The molecule has 0 N–H and O–H groups in total. The maximum atomic E-state index is 6.31. The van der Waals surface area contributed by atoms with Gasteiger partial charge in [-0.2, -0.15) is 0 Å². The van der Waals surface area contributed by atoms with Crippen molar-refractivity contribution in [2.45, 2.75) is 26.3 Å². The SMILES string of the molecule is CC(C)c1cn(Cc2cc(Cl)ccc2Cl)c(-c2cccnc2)n1. The van der Waals surface area contributed by atoms with E-state index in [2.05, 4.69) is 29.6 Å². The molecule has 23 heavy (non-hydrogen) atoms. The molecule has 2 aromatic heterocycles. The van der Waals surface area contributed by atoms with Gasteiger partial charge in [0.15, 0.2) is 0 Å². The predicted octanol–water partition coefficient (Wildman–Crippen LogP) is 5.42. The van der Waals surface area contributed by atoms with Crippen molar-refractivity contribution in [2.24, 2.45) is 0 Å². The first-order valence-corrected chi connectivity index (χ1v) is 8.21. The molecule has 0 saturated heterocycles. The lowest BCUT2D eigenvalue weighted by molar-refractivity contribution is 0.795. The average molecular weight is 346 g/mol. The summed E-state index contributed by atoms with van der Waals surface area (Å²) in [7, 11) is 0. The van der Waals surface area contributed by atoms with Gasteiger partial charge in [-0.15, -0.1) is 0 Å². The fourth-order valence-electron chi connectivity index (χ4n) is 2.41. The highest BCUT2D eigenvalue weighted by Gasteiger charge is 2.14. The monoisotopic (exact) mass is 345 g/mol. The smallest absolute Gasteiger partial charge is 0.142 e. The Kier molecular flexibility index (Phi) is 4.69. The number of benzene rings is 1. The summed E-state index contributed by atoms with van der Waals surface area (Å²) >= 11 is 12.4. The van der Waals surface area contributed by atoms with E-state index in [9.17, 15) is 0 Å². The number of aromatic nitrogens is 3. The second-order valence-electron chi connectivity index (χ2n) is 5.75. The standard InChI is InChI=1S/C18H17Cl2N3/c1-12(2)17-11-23(10-14-8-15(19)5-6-16(14)20)18(22-17)13-4-3-7-21-9-13/h3-9,11-12H,10H2,1-2H3. The lowest BCUT2D eigenvalue weighted by Gasteiger charge is -2.09. The van der Waals surface area contributed by atoms with Crippen molar-refractivity contribution in [3.05, 3.63) is 70.2 Å². The number of nitrogens with zero attached hydrogens (tertiary/aromatic N) is 3. The van der Waals surface area contributed by atoms with Crippen LogP contribution in [-0.4, -0.2) is 14.5 Å². The summed E-state index contributed by atoms with van der Waals surface area (Å²) < 4.78 is 2.10. The lowest BCUT2D eigenvalue weighted by Crippen LogP contribution is -2.02. The quantitative estimate of drug-likeness (QED) is 0.631. The zero-order valence-electron chi connectivity index (χ0n) is 13.0. The minimum atomic E-state index is 0.349. The van der Waals surface area contributed by atoms with E-state index in [1.807, 2.05) is 30.5 Å². The van der Waals surface area contributed by atoms with Gasteiger partial charge in [0, 0.05) is 34.2 Å². The highest BCUT2D eigenvalue weighted by atomic mass is 35.5. The van der Waals surface area contributed by atoms with Gasteiger partial charge in [-0.1, -0.05) is 37.0 Å². The molecule has 3 rings (SSSR count). The minimum absolute atomic E-state index is 0.349. The van der Waals surface area contributed by atoms with E-state index < -0.39 is 0 Å². The molecular weight excluding hydrogens is 329 g/mol. The molecule has 118 valence electrons. The first kappa shape index (κ1) is 16.0. The van der Waals surface area contributed by atoms with Crippen molar-refractivity contribution >= 4 is 23.2 Å². The predicted molar refractivity (Wildman–Crippen MR) is 95.1 cm³/mol. The van der Waals surface area contributed by atoms with Crippen LogP contribution in [0.15, 0.2) is 48.9 Å². The van der Waals surface area contributed by atoms with Gasteiger partial charge in [0.1, 0.15) is 5.82 Å². The van der Waals surface area contributed by atoms with E-state index in [0.717, 1.165) is 22.6 Å². The van der Waals surface area contributed by atoms with Crippen LogP contribution in [0.3, 0.4) is 0 Å².